The first-order valence-corrected chi connectivity index (χ1v) is 11.0. The quantitative estimate of drug-likeness (QED) is 0.240. The van der Waals surface area contributed by atoms with Gasteiger partial charge in [0.1, 0.15) is 0 Å². The summed E-state index contributed by atoms with van der Waals surface area (Å²) in [6.45, 7) is 12.9. The van der Waals surface area contributed by atoms with Crippen LogP contribution >= 0.6 is 24.4 Å². The molecule has 7 heteroatoms. The first-order chi connectivity index (χ1) is 11.4. The Balaban J connectivity index is -0.000000372. The predicted molar refractivity (Wildman–Crippen MR) is 128 cm³/mol. The van der Waals surface area contributed by atoms with Gasteiger partial charge in [-0.05, 0) is 25.7 Å². The summed E-state index contributed by atoms with van der Waals surface area (Å²) in [6.07, 6.45) is 9.62. The van der Waals surface area contributed by atoms with E-state index in [0.717, 1.165) is 26.2 Å². The minimum Gasteiger partial charge on any atom is -0.411 e. The van der Waals surface area contributed by atoms with Gasteiger partial charge in [-0.2, -0.15) is 0 Å². The number of rotatable bonds is 12. The number of unbranched alkanes of at least 4 members (excludes halogenated alkanes) is 4. The maximum atomic E-state index is 4.98. The zero-order chi connectivity index (χ0) is 18.8. The molecule has 0 saturated heterocycles. The Morgan fingerprint density at radius 3 is 0.920 bits per heavy atom. The first-order valence-electron chi connectivity index (χ1n) is 9.36. The van der Waals surface area contributed by atoms with Gasteiger partial charge in [-0.15, -0.1) is 0 Å². The molecule has 0 bridgehead atoms. The van der Waals surface area contributed by atoms with Crippen molar-refractivity contribution in [3.63, 3.8) is 0 Å². The Bertz CT molecular complexity index is 271. The van der Waals surface area contributed by atoms with Crippen molar-refractivity contribution in [2.24, 2.45) is 0 Å². The van der Waals surface area contributed by atoms with Gasteiger partial charge in [0, 0.05) is 26.2 Å². The fourth-order valence-electron chi connectivity index (χ4n) is 1.98. The summed E-state index contributed by atoms with van der Waals surface area (Å²) >= 11 is 19.9. The van der Waals surface area contributed by atoms with Gasteiger partial charge in [-0.1, -0.05) is 62.0 Å². The van der Waals surface area contributed by atoms with Crippen LogP contribution in [0.1, 0.15) is 79.1 Å². The van der Waals surface area contributed by atoms with E-state index in [2.05, 4.69) is 37.5 Å². The molecule has 0 atom stereocenters. The molecule has 0 aliphatic carbocycles. The smallest absolute Gasteiger partial charge is 0.411 e. The molecule has 25 heavy (non-hydrogen) atoms. The van der Waals surface area contributed by atoms with Crippen LogP contribution in [0, 0.1) is 0 Å². The molecule has 0 rings (SSSR count). The Hall–Kier alpha value is 0.986. The van der Waals surface area contributed by atoms with Crippen molar-refractivity contribution in [1.82, 2.24) is 9.80 Å². The Labute approximate surface area is 195 Å². The predicted octanol–water partition coefficient (Wildman–Crippen LogP) is 5.06. The third-order valence-electron chi connectivity index (χ3n) is 3.64. The van der Waals surface area contributed by atoms with Gasteiger partial charge in [-0.25, -0.2) is 0 Å². The Morgan fingerprint density at radius 2 is 0.800 bits per heavy atom. The van der Waals surface area contributed by atoms with Crippen LogP contribution in [0.3, 0.4) is 0 Å². The number of nitrogens with zero attached hydrogens (tertiary/aromatic N) is 2. The van der Waals surface area contributed by atoms with Crippen LogP contribution in [0.4, 0.5) is 0 Å². The zero-order valence-electron chi connectivity index (χ0n) is 16.7. The zero-order valence-corrected chi connectivity index (χ0v) is 21.4. The molecule has 0 aromatic rings. The van der Waals surface area contributed by atoms with Gasteiger partial charge < -0.3 is 59.5 Å². The number of thiocarbonyl (C=S) groups is 2. The fourth-order valence-corrected chi connectivity index (χ4v) is 2.71. The maximum absolute atomic E-state index is 4.98. The monoisotopic (exact) mass is 432 g/mol. The topological polar surface area (TPSA) is 6.48 Å². The van der Waals surface area contributed by atoms with Crippen molar-refractivity contribution in [2.45, 2.75) is 79.1 Å². The first kappa shape index (κ1) is 30.7. The molecule has 2 nitrogen and oxygen atoms in total. The summed E-state index contributed by atoms with van der Waals surface area (Å²) in [6, 6.07) is 0. The average Bonchev–Trinajstić information content (AvgIpc) is 2.55. The van der Waals surface area contributed by atoms with E-state index in [1.165, 1.54) is 51.4 Å². The maximum Gasteiger partial charge on any atom is 2.00 e. The molecule has 0 radical (unpaired) electrons. The van der Waals surface area contributed by atoms with E-state index in [1.807, 2.05) is 0 Å². The van der Waals surface area contributed by atoms with Gasteiger partial charge in [0.25, 0.3) is 0 Å². The van der Waals surface area contributed by atoms with E-state index in [4.69, 9.17) is 49.7 Å². The number of hydrogen-bond acceptors (Lipinski definition) is 4. The van der Waals surface area contributed by atoms with Crippen molar-refractivity contribution < 1.29 is 0 Å². The number of hydrogen-bond donors (Lipinski definition) is 0. The van der Waals surface area contributed by atoms with E-state index in [-0.39, 0.29) is 23.1 Å². The van der Waals surface area contributed by atoms with Gasteiger partial charge in [0.2, 0.25) is 0 Å². The van der Waals surface area contributed by atoms with Crippen LogP contribution in [0.5, 0.6) is 0 Å². The Kier molecular flexibility index (Phi) is 28.3. The molecule has 0 amide bonds. The van der Waals surface area contributed by atoms with E-state index in [9.17, 15) is 0 Å². The molecule has 0 aromatic heterocycles. The van der Waals surface area contributed by atoms with Gasteiger partial charge in [0.05, 0.1) is 0 Å². The minimum atomic E-state index is 0. The second kappa shape index (κ2) is 23.0. The molecule has 0 saturated carbocycles. The third kappa shape index (κ3) is 21.1. The van der Waals surface area contributed by atoms with Crippen molar-refractivity contribution in [1.29, 1.82) is 0 Å². The van der Waals surface area contributed by atoms with Crippen LogP contribution in [-0.4, -0.2) is 67.7 Å². The SMILES string of the molecule is CCCCN(CCCC)C(=S)[S-].CCCCN(CCCC)C(=S)[S-].[Mg+2]. The minimum absolute atomic E-state index is 0. The second-order valence-corrected chi connectivity index (χ2v) is 7.98. The van der Waals surface area contributed by atoms with Gasteiger partial charge >= 0.3 is 23.1 Å². The second-order valence-electron chi connectivity index (χ2n) is 5.92. The summed E-state index contributed by atoms with van der Waals surface area (Å²) in [4.78, 5) is 4.27. The molecule has 0 aliphatic rings. The average molecular weight is 433 g/mol. The van der Waals surface area contributed by atoms with Crippen LogP contribution in [0.15, 0.2) is 0 Å². The van der Waals surface area contributed by atoms with E-state index >= 15 is 0 Å². The molecule has 0 heterocycles. The van der Waals surface area contributed by atoms with E-state index in [1.54, 1.807) is 0 Å². The molecule has 0 spiro atoms. The van der Waals surface area contributed by atoms with Crippen LogP contribution in [0.2, 0.25) is 0 Å². The summed E-state index contributed by atoms with van der Waals surface area (Å²) in [5.74, 6) is 0. The van der Waals surface area contributed by atoms with Crippen molar-refractivity contribution in [2.75, 3.05) is 26.2 Å². The standard InChI is InChI=1S/2C9H19NS2.Mg/c2*1-3-5-7-10(9(11)12)8-6-4-2;/h2*3-8H2,1-2H3,(H,11,12);/q;;+2/p-2. The summed E-state index contributed by atoms with van der Waals surface area (Å²) < 4.78 is 1.27. The Morgan fingerprint density at radius 1 is 0.600 bits per heavy atom. The molecular formula is C18H36MgN2S4. The molecule has 0 unspecified atom stereocenters. The van der Waals surface area contributed by atoms with E-state index in [0.29, 0.717) is 8.64 Å². The van der Waals surface area contributed by atoms with Crippen molar-refractivity contribution in [3.8, 4) is 0 Å². The fraction of sp³-hybridized carbons (Fsp3) is 0.889. The van der Waals surface area contributed by atoms with E-state index < -0.39 is 0 Å². The van der Waals surface area contributed by atoms with Crippen molar-refractivity contribution in [3.05, 3.63) is 0 Å². The molecule has 144 valence electrons. The molecular weight excluding hydrogens is 397 g/mol. The van der Waals surface area contributed by atoms with Gasteiger partial charge in [-0.3, -0.25) is 0 Å². The van der Waals surface area contributed by atoms with Gasteiger partial charge in [0.15, 0.2) is 0 Å². The summed E-state index contributed by atoms with van der Waals surface area (Å²) in [7, 11) is 0. The molecule has 0 N–H and O–H groups in total. The summed E-state index contributed by atoms with van der Waals surface area (Å²) in [5, 5.41) is 0. The summed E-state index contributed by atoms with van der Waals surface area (Å²) in [5.41, 5.74) is 0. The largest absolute Gasteiger partial charge is 2.00 e. The molecule has 0 fully saturated rings. The van der Waals surface area contributed by atoms with Crippen molar-refractivity contribution >= 4 is 81.4 Å². The third-order valence-corrected chi connectivity index (χ3v) is 4.68. The molecule has 0 aromatic carbocycles. The van der Waals surface area contributed by atoms with Crippen LogP contribution in [-0.2, 0) is 25.3 Å². The van der Waals surface area contributed by atoms with Crippen LogP contribution in [0.25, 0.3) is 0 Å². The van der Waals surface area contributed by atoms with Crippen LogP contribution < -0.4 is 0 Å². The normalized spacial score (nSPS) is 9.44. The molecule has 0 aliphatic heterocycles.